The van der Waals surface area contributed by atoms with Crippen LogP contribution < -0.4 is 30.4 Å². The second kappa shape index (κ2) is 11.3. The summed E-state index contributed by atoms with van der Waals surface area (Å²) in [7, 11) is 3.11. The Kier molecular flexibility index (Phi) is 8.46. The molecule has 0 aliphatic rings. The van der Waals surface area contributed by atoms with Gasteiger partial charge in [-0.2, -0.15) is 0 Å². The molecule has 0 saturated carbocycles. The van der Waals surface area contributed by atoms with Gasteiger partial charge in [-0.05, 0) is 48.6 Å². The van der Waals surface area contributed by atoms with E-state index in [-0.39, 0.29) is 11.7 Å². The van der Waals surface area contributed by atoms with Crippen molar-refractivity contribution in [3.05, 3.63) is 60.2 Å². The number of rotatable bonds is 7. The molecule has 3 N–H and O–H groups in total. The predicted octanol–water partition coefficient (Wildman–Crippen LogP) is 1.82. The average molecular weight is 415 g/mol. The number of hydrogen-bond acceptors (Lipinski definition) is 6. The normalized spacial score (nSPS) is 10.1. The number of hydrogen-bond donors (Lipinski definition) is 3. The van der Waals surface area contributed by atoms with Crippen molar-refractivity contribution in [2.24, 2.45) is 0 Å². The number of methoxy groups -OCH3 is 2. The number of carbonyl (C=O) groups excluding carboxylic acids is 2. The number of ether oxygens (including phenoxy) is 3. The van der Waals surface area contributed by atoms with Gasteiger partial charge in [-0.15, -0.1) is 0 Å². The molecule has 9 heteroatoms. The molecule has 0 fully saturated rings. The molecule has 0 heterocycles. The van der Waals surface area contributed by atoms with Crippen LogP contribution in [0.3, 0.4) is 0 Å². The van der Waals surface area contributed by atoms with Gasteiger partial charge >= 0.3 is 0 Å². The van der Waals surface area contributed by atoms with Gasteiger partial charge in [0, 0.05) is 11.6 Å². The van der Waals surface area contributed by atoms with Crippen LogP contribution in [0.1, 0.15) is 5.56 Å². The van der Waals surface area contributed by atoms with Gasteiger partial charge in [0.05, 0.1) is 14.2 Å². The van der Waals surface area contributed by atoms with E-state index >= 15 is 0 Å². The minimum Gasteiger partial charge on any atom is -0.497 e. The molecule has 8 nitrogen and oxygen atoms in total. The highest BCUT2D eigenvalue weighted by Gasteiger charge is 2.06. The first-order valence-electron chi connectivity index (χ1n) is 8.49. The van der Waals surface area contributed by atoms with Gasteiger partial charge in [0.2, 0.25) is 5.91 Å². The lowest BCUT2D eigenvalue weighted by molar-refractivity contribution is -0.123. The highest BCUT2D eigenvalue weighted by molar-refractivity contribution is 7.80. The molecular formula is C20H21N3O5S. The average Bonchev–Trinajstić information content (AvgIpc) is 2.75. The highest BCUT2D eigenvalue weighted by Crippen LogP contribution is 2.18. The first-order chi connectivity index (χ1) is 14.0. The number of nitrogens with one attached hydrogen (secondary N) is 3. The van der Waals surface area contributed by atoms with Crippen LogP contribution in [0.15, 0.2) is 54.6 Å². The molecule has 29 heavy (non-hydrogen) atoms. The Morgan fingerprint density at radius 3 is 2.34 bits per heavy atom. The summed E-state index contributed by atoms with van der Waals surface area (Å²) in [5.41, 5.74) is 5.51. The molecule has 0 bridgehead atoms. The van der Waals surface area contributed by atoms with E-state index < -0.39 is 11.8 Å². The maximum absolute atomic E-state index is 11.9. The van der Waals surface area contributed by atoms with Gasteiger partial charge < -0.3 is 14.2 Å². The number of hydrazine groups is 1. The third-order valence-electron chi connectivity index (χ3n) is 3.53. The summed E-state index contributed by atoms with van der Waals surface area (Å²) < 4.78 is 15.6. The van der Waals surface area contributed by atoms with Crippen molar-refractivity contribution in [2.45, 2.75) is 0 Å². The summed E-state index contributed by atoms with van der Waals surface area (Å²) in [6.07, 6.45) is 2.90. The van der Waals surface area contributed by atoms with Crippen LogP contribution in [0, 0.1) is 0 Å². The van der Waals surface area contributed by atoms with E-state index in [1.165, 1.54) is 6.08 Å². The molecule has 0 spiro atoms. The van der Waals surface area contributed by atoms with Crippen molar-refractivity contribution in [3.63, 3.8) is 0 Å². The topological polar surface area (TPSA) is 97.9 Å². The molecule has 2 rings (SSSR count). The van der Waals surface area contributed by atoms with Crippen molar-refractivity contribution in [3.8, 4) is 17.2 Å². The van der Waals surface area contributed by atoms with Gasteiger partial charge in [0.15, 0.2) is 11.7 Å². The Balaban J connectivity index is 1.71. The van der Waals surface area contributed by atoms with Crippen LogP contribution in [-0.2, 0) is 9.59 Å². The lowest BCUT2D eigenvalue weighted by Crippen LogP contribution is -2.49. The maximum atomic E-state index is 11.9. The molecule has 152 valence electrons. The van der Waals surface area contributed by atoms with E-state index in [2.05, 4.69) is 16.2 Å². The first kappa shape index (κ1) is 21.7. The molecule has 2 aromatic rings. The molecule has 0 saturated heterocycles. The third-order valence-corrected chi connectivity index (χ3v) is 3.74. The standard InChI is InChI=1S/C20H21N3O5S/c1-26-15-8-10-16(11-9-15)28-13-19(25)22-23-20(29)21-18(24)12-7-14-5-3-4-6-17(14)27-2/h3-12H,13H2,1-2H3,(H,22,25)(H2,21,23,24,29)/b12-7+. The van der Waals surface area contributed by atoms with Crippen molar-refractivity contribution >= 4 is 35.2 Å². The third kappa shape index (κ3) is 7.51. The Labute approximate surface area is 173 Å². The van der Waals surface area contributed by atoms with E-state index in [0.29, 0.717) is 17.2 Å². The first-order valence-corrected chi connectivity index (χ1v) is 8.90. The van der Waals surface area contributed by atoms with Crippen molar-refractivity contribution < 1.29 is 23.8 Å². The van der Waals surface area contributed by atoms with E-state index in [0.717, 1.165) is 5.56 Å². The zero-order valence-corrected chi connectivity index (χ0v) is 16.7. The Morgan fingerprint density at radius 1 is 0.966 bits per heavy atom. The van der Waals surface area contributed by atoms with Gasteiger partial charge in [0.1, 0.15) is 17.2 Å². The van der Waals surface area contributed by atoms with Crippen molar-refractivity contribution in [1.29, 1.82) is 0 Å². The van der Waals surface area contributed by atoms with Gasteiger partial charge in [-0.25, -0.2) is 0 Å². The van der Waals surface area contributed by atoms with Crippen LogP contribution >= 0.6 is 12.2 Å². The summed E-state index contributed by atoms with van der Waals surface area (Å²) in [6.45, 7) is -0.233. The second-order valence-corrected chi connectivity index (χ2v) is 5.94. The van der Waals surface area contributed by atoms with Crippen LogP contribution in [0.4, 0.5) is 0 Å². The summed E-state index contributed by atoms with van der Waals surface area (Å²) in [4.78, 5) is 23.7. The minimum atomic E-state index is -0.470. The van der Waals surface area contributed by atoms with Crippen LogP contribution in [0.5, 0.6) is 17.2 Å². The van der Waals surface area contributed by atoms with Crippen LogP contribution in [-0.4, -0.2) is 37.8 Å². The largest absolute Gasteiger partial charge is 0.497 e. The number of thiocarbonyl (C=S) groups is 1. The maximum Gasteiger partial charge on any atom is 0.276 e. The van der Waals surface area contributed by atoms with Crippen LogP contribution in [0.2, 0.25) is 0 Å². The Hall–Kier alpha value is -3.59. The van der Waals surface area contributed by atoms with E-state index in [9.17, 15) is 9.59 Å². The fourth-order valence-electron chi connectivity index (χ4n) is 2.14. The quantitative estimate of drug-likeness (QED) is 0.360. The molecular weight excluding hydrogens is 394 g/mol. The molecule has 0 radical (unpaired) electrons. The number of benzene rings is 2. The monoisotopic (exact) mass is 415 g/mol. The van der Waals surface area contributed by atoms with E-state index in [1.807, 2.05) is 18.2 Å². The Morgan fingerprint density at radius 2 is 1.66 bits per heavy atom. The molecule has 2 amide bonds. The van der Waals surface area contributed by atoms with E-state index in [1.54, 1.807) is 50.6 Å². The Bertz CT molecular complexity index is 884. The molecule has 0 atom stereocenters. The van der Waals surface area contributed by atoms with Crippen molar-refractivity contribution in [2.75, 3.05) is 20.8 Å². The van der Waals surface area contributed by atoms with Gasteiger partial charge in [-0.1, -0.05) is 18.2 Å². The van der Waals surface area contributed by atoms with Gasteiger partial charge in [0.25, 0.3) is 5.91 Å². The second-order valence-electron chi connectivity index (χ2n) is 5.53. The lowest BCUT2D eigenvalue weighted by Gasteiger charge is -2.11. The van der Waals surface area contributed by atoms with Crippen molar-refractivity contribution in [1.82, 2.24) is 16.2 Å². The smallest absolute Gasteiger partial charge is 0.276 e. The SMILES string of the molecule is COc1ccc(OCC(=O)NNC(=S)NC(=O)/C=C/c2ccccc2OC)cc1. The molecule has 0 aliphatic heterocycles. The summed E-state index contributed by atoms with van der Waals surface area (Å²) in [5.74, 6) is 0.906. The summed E-state index contributed by atoms with van der Waals surface area (Å²) in [6, 6.07) is 14.0. The predicted molar refractivity (Wildman–Crippen MR) is 113 cm³/mol. The summed E-state index contributed by atoms with van der Waals surface area (Å²) in [5, 5.41) is 2.36. The number of amides is 2. The van der Waals surface area contributed by atoms with Crippen LogP contribution in [0.25, 0.3) is 6.08 Å². The number of carbonyl (C=O) groups is 2. The fraction of sp³-hybridized carbons (Fsp3) is 0.150. The number of para-hydroxylation sites is 1. The highest BCUT2D eigenvalue weighted by atomic mass is 32.1. The summed E-state index contributed by atoms with van der Waals surface area (Å²) >= 11 is 4.96. The van der Waals surface area contributed by atoms with E-state index in [4.69, 9.17) is 26.4 Å². The fourth-order valence-corrected chi connectivity index (χ4v) is 2.29. The van der Waals surface area contributed by atoms with Gasteiger partial charge in [-0.3, -0.25) is 25.8 Å². The zero-order valence-electron chi connectivity index (χ0n) is 15.9. The lowest BCUT2D eigenvalue weighted by atomic mass is 10.2. The zero-order chi connectivity index (χ0) is 21.1. The molecule has 0 aliphatic carbocycles. The molecule has 0 unspecified atom stereocenters. The molecule has 0 aromatic heterocycles. The minimum absolute atomic E-state index is 0.0579. The molecule has 2 aromatic carbocycles.